The molecule has 18 heavy (non-hydrogen) atoms. The van der Waals surface area contributed by atoms with Gasteiger partial charge in [0.2, 0.25) is 0 Å². The Kier molecular flexibility index (Phi) is 4.95. The lowest BCUT2D eigenvalue weighted by molar-refractivity contribution is -0.140. The lowest BCUT2D eigenvalue weighted by Crippen LogP contribution is -2.57. The summed E-state index contributed by atoms with van der Waals surface area (Å²) in [5.74, 6) is -1.19. The highest BCUT2D eigenvalue weighted by atomic mass is 16.5. The largest absolute Gasteiger partial charge is 0.480 e. The molecule has 6 heteroatoms. The quantitative estimate of drug-likeness (QED) is 0.701. The Balaban J connectivity index is 2.52. The van der Waals surface area contributed by atoms with Crippen molar-refractivity contribution in [2.45, 2.75) is 45.2 Å². The summed E-state index contributed by atoms with van der Waals surface area (Å²) in [4.78, 5) is 22.8. The van der Waals surface area contributed by atoms with E-state index < -0.39 is 23.6 Å². The van der Waals surface area contributed by atoms with Crippen LogP contribution < -0.4 is 10.6 Å². The summed E-state index contributed by atoms with van der Waals surface area (Å²) in [5, 5.41) is 14.3. The van der Waals surface area contributed by atoms with Crippen molar-refractivity contribution in [2.24, 2.45) is 5.92 Å². The van der Waals surface area contributed by atoms with Crippen LogP contribution in [-0.2, 0) is 9.53 Å². The van der Waals surface area contributed by atoms with Crippen molar-refractivity contribution in [3.05, 3.63) is 0 Å². The third kappa shape index (κ3) is 4.18. The fourth-order valence-corrected chi connectivity index (χ4v) is 2.00. The molecule has 104 valence electrons. The summed E-state index contributed by atoms with van der Waals surface area (Å²) in [5.41, 5.74) is -0.414. The number of ether oxygens (including phenoxy) is 1. The fourth-order valence-electron chi connectivity index (χ4n) is 2.00. The van der Waals surface area contributed by atoms with E-state index in [1.165, 1.54) is 0 Å². The van der Waals surface area contributed by atoms with Crippen LogP contribution in [0.3, 0.4) is 0 Å². The van der Waals surface area contributed by atoms with Crippen molar-refractivity contribution < 1.29 is 19.4 Å². The van der Waals surface area contributed by atoms with Gasteiger partial charge < -0.3 is 20.5 Å². The fraction of sp³-hybridized carbons (Fsp3) is 0.833. The van der Waals surface area contributed by atoms with Gasteiger partial charge in [-0.25, -0.2) is 9.59 Å². The highest BCUT2D eigenvalue weighted by molar-refractivity contribution is 5.83. The molecular formula is C12H22N2O4. The summed E-state index contributed by atoms with van der Waals surface area (Å²) in [7, 11) is 0. The first kappa shape index (κ1) is 14.8. The molecule has 0 bridgehead atoms. The molecule has 1 fully saturated rings. The molecular weight excluding hydrogens is 236 g/mol. The molecule has 0 aliphatic carbocycles. The Morgan fingerprint density at radius 1 is 1.39 bits per heavy atom. The van der Waals surface area contributed by atoms with Crippen LogP contribution in [0.1, 0.15) is 33.6 Å². The van der Waals surface area contributed by atoms with Gasteiger partial charge in [0.15, 0.2) is 0 Å². The molecule has 2 atom stereocenters. The predicted octanol–water partition coefficient (Wildman–Crippen LogP) is 0.964. The van der Waals surface area contributed by atoms with Crippen LogP contribution in [0.25, 0.3) is 0 Å². The second kappa shape index (κ2) is 6.04. The van der Waals surface area contributed by atoms with Crippen LogP contribution in [0.15, 0.2) is 0 Å². The number of carboxylic acids is 1. The molecule has 2 amide bonds. The topological polar surface area (TPSA) is 87.7 Å². The van der Waals surface area contributed by atoms with Gasteiger partial charge in [-0.1, -0.05) is 13.8 Å². The minimum Gasteiger partial charge on any atom is -0.480 e. The maximum atomic E-state index is 11.8. The van der Waals surface area contributed by atoms with Gasteiger partial charge >= 0.3 is 12.0 Å². The third-order valence-electron chi connectivity index (χ3n) is 3.07. The summed E-state index contributed by atoms with van der Waals surface area (Å²) < 4.78 is 5.33. The van der Waals surface area contributed by atoms with Gasteiger partial charge in [-0.3, -0.25) is 0 Å². The summed E-state index contributed by atoms with van der Waals surface area (Å²) in [6.45, 7) is 6.58. The van der Waals surface area contributed by atoms with Gasteiger partial charge in [0, 0.05) is 6.61 Å². The average Bonchev–Trinajstić information content (AvgIpc) is 2.25. The number of nitrogens with one attached hydrogen (secondary N) is 2. The Labute approximate surface area is 107 Å². The number of hydrogen-bond donors (Lipinski definition) is 3. The number of amides is 2. The highest BCUT2D eigenvalue weighted by Gasteiger charge is 2.31. The van der Waals surface area contributed by atoms with E-state index in [4.69, 9.17) is 9.84 Å². The van der Waals surface area contributed by atoms with Gasteiger partial charge in [0.25, 0.3) is 0 Å². The van der Waals surface area contributed by atoms with Crippen LogP contribution in [0.4, 0.5) is 4.79 Å². The van der Waals surface area contributed by atoms with Gasteiger partial charge in [-0.15, -0.1) is 0 Å². The number of urea groups is 1. The number of rotatable bonds is 4. The molecule has 2 unspecified atom stereocenters. The Morgan fingerprint density at radius 2 is 2.06 bits per heavy atom. The van der Waals surface area contributed by atoms with Gasteiger partial charge in [0.05, 0.1) is 12.1 Å². The number of carbonyl (C=O) groups is 2. The van der Waals surface area contributed by atoms with Crippen molar-refractivity contribution in [2.75, 3.05) is 13.2 Å². The van der Waals surface area contributed by atoms with E-state index in [1.807, 2.05) is 6.92 Å². The van der Waals surface area contributed by atoms with E-state index in [2.05, 4.69) is 10.6 Å². The minimum atomic E-state index is -1.02. The van der Waals surface area contributed by atoms with Gasteiger partial charge in [-0.2, -0.15) is 0 Å². The van der Waals surface area contributed by atoms with E-state index in [0.717, 1.165) is 12.8 Å². The second-order valence-electron chi connectivity index (χ2n) is 5.38. The molecule has 1 rings (SSSR count). The first-order valence-corrected chi connectivity index (χ1v) is 6.23. The molecule has 0 spiro atoms. The molecule has 0 aromatic heterocycles. The lowest BCUT2D eigenvalue weighted by Gasteiger charge is -2.34. The smallest absolute Gasteiger partial charge is 0.326 e. The summed E-state index contributed by atoms with van der Waals surface area (Å²) >= 11 is 0. The molecule has 0 radical (unpaired) electrons. The highest BCUT2D eigenvalue weighted by Crippen LogP contribution is 2.18. The molecule has 1 heterocycles. The monoisotopic (exact) mass is 258 g/mol. The first-order valence-electron chi connectivity index (χ1n) is 6.23. The second-order valence-corrected chi connectivity index (χ2v) is 5.38. The molecule has 0 aromatic rings. The van der Waals surface area contributed by atoms with Crippen LogP contribution in [0.2, 0.25) is 0 Å². The maximum absolute atomic E-state index is 11.8. The van der Waals surface area contributed by atoms with Crippen LogP contribution >= 0.6 is 0 Å². The van der Waals surface area contributed by atoms with Crippen LogP contribution in [0, 0.1) is 5.92 Å². The molecule has 3 N–H and O–H groups in total. The number of hydrogen-bond acceptors (Lipinski definition) is 3. The van der Waals surface area contributed by atoms with Gasteiger partial charge in [-0.05, 0) is 25.7 Å². The predicted molar refractivity (Wildman–Crippen MR) is 66.4 cm³/mol. The van der Waals surface area contributed by atoms with E-state index in [0.29, 0.717) is 13.2 Å². The zero-order valence-corrected chi connectivity index (χ0v) is 11.2. The minimum absolute atomic E-state index is 0.163. The third-order valence-corrected chi connectivity index (χ3v) is 3.07. The molecule has 0 aromatic carbocycles. The summed E-state index contributed by atoms with van der Waals surface area (Å²) in [6.07, 6.45) is 1.73. The van der Waals surface area contributed by atoms with Crippen molar-refractivity contribution in [1.82, 2.24) is 10.6 Å². The van der Waals surface area contributed by atoms with Crippen LogP contribution in [-0.4, -0.2) is 41.9 Å². The van der Waals surface area contributed by atoms with Crippen molar-refractivity contribution >= 4 is 12.0 Å². The van der Waals surface area contributed by atoms with Crippen molar-refractivity contribution in [3.63, 3.8) is 0 Å². The molecule has 1 aliphatic heterocycles. The number of carbonyl (C=O) groups excluding carboxylic acids is 1. The SMILES string of the molecule is CC(C)C(NC(=O)NC1(C)CCCOC1)C(=O)O. The van der Waals surface area contributed by atoms with Gasteiger partial charge in [0.1, 0.15) is 6.04 Å². The first-order chi connectivity index (χ1) is 8.34. The van der Waals surface area contributed by atoms with E-state index in [1.54, 1.807) is 13.8 Å². The molecule has 1 aliphatic rings. The number of carboxylic acid groups (broad SMARTS) is 1. The van der Waals surface area contributed by atoms with E-state index in [9.17, 15) is 9.59 Å². The number of aliphatic carboxylic acids is 1. The van der Waals surface area contributed by atoms with E-state index >= 15 is 0 Å². The zero-order chi connectivity index (χ0) is 13.8. The molecule has 0 saturated carbocycles. The molecule has 1 saturated heterocycles. The summed E-state index contributed by atoms with van der Waals surface area (Å²) in [6, 6.07) is -1.33. The Morgan fingerprint density at radius 3 is 2.50 bits per heavy atom. The Hall–Kier alpha value is -1.30. The van der Waals surface area contributed by atoms with Crippen LogP contribution in [0.5, 0.6) is 0 Å². The maximum Gasteiger partial charge on any atom is 0.326 e. The van der Waals surface area contributed by atoms with Crippen molar-refractivity contribution in [3.8, 4) is 0 Å². The lowest BCUT2D eigenvalue weighted by atomic mass is 9.95. The standard InChI is InChI=1S/C12H22N2O4/c1-8(2)9(10(15)16)13-11(17)14-12(3)5-4-6-18-7-12/h8-9H,4-7H2,1-3H3,(H,15,16)(H2,13,14,17). The van der Waals surface area contributed by atoms with E-state index in [-0.39, 0.29) is 5.92 Å². The Bertz CT molecular complexity index is 311. The van der Waals surface area contributed by atoms with Crippen molar-refractivity contribution in [1.29, 1.82) is 0 Å². The normalized spacial score (nSPS) is 25.6. The zero-order valence-electron chi connectivity index (χ0n) is 11.2. The average molecular weight is 258 g/mol. The molecule has 6 nitrogen and oxygen atoms in total.